The topological polar surface area (TPSA) is 71.3 Å². The molecule has 0 unspecified atom stereocenters. The fourth-order valence-electron chi connectivity index (χ4n) is 3.27. The van der Waals surface area contributed by atoms with Gasteiger partial charge in [-0.15, -0.1) is 0 Å². The zero-order chi connectivity index (χ0) is 18.5. The van der Waals surface area contributed by atoms with E-state index in [2.05, 4.69) is 46.4 Å². The van der Waals surface area contributed by atoms with E-state index in [0.29, 0.717) is 12.4 Å². The maximum Gasteiger partial charge on any atom is 0.287 e. The lowest BCUT2D eigenvalue weighted by atomic mass is 9.99. The highest BCUT2D eigenvalue weighted by Gasteiger charge is 2.15. The fraction of sp³-hybridized carbons (Fsp3) is 0.450. The molecule has 1 aromatic carbocycles. The Morgan fingerprint density at radius 2 is 1.88 bits per heavy atom. The average molecular weight is 354 g/mol. The number of piperidine rings is 1. The summed E-state index contributed by atoms with van der Waals surface area (Å²) in [5.74, 6) is 1.54. The van der Waals surface area contributed by atoms with E-state index in [1.165, 1.54) is 49.3 Å². The molecule has 138 valence electrons. The monoisotopic (exact) mass is 354 g/mol. The van der Waals surface area contributed by atoms with Crippen LogP contribution >= 0.6 is 0 Å². The molecule has 1 fully saturated rings. The van der Waals surface area contributed by atoms with Crippen molar-refractivity contribution in [1.82, 2.24) is 9.88 Å². The molecular weight excluding hydrogens is 328 g/mol. The SMILES string of the molecule is Cc1cc([N+](=O)[O-])cnc1NCc1ccc(CN2CCC(C)CC2)cc1. The Hall–Kier alpha value is -2.47. The van der Waals surface area contributed by atoms with Gasteiger partial charge in [0.2, 0.25) is 0 Å². The third kappa shape index (κ3) is 4.79. The first-order valence-corrected chi connectivity index (χ1v) is 9.16. The molecule has 1 N–H and O–H groups in total. The molecular formula is C20H26N4O2. The van der Waals surface area contributed by atoms with Gasteiger partial charge in [0.1, 0.15) is 12.0 Å². The van der Waals surface area contributed by atoms with Crippen molar-refractivity contribution in [3.8, 4) is 0 Å². The van der Waals surface area contributed by atoms with Crippen LogP contribution in [-0.2, 0) is 13.1 Å². The van der Waals surface area contributed by atoms with Crippen molar-refractivity contribution in [2.24, 2.45) is 5.92 Å². The van der Waals surface area contributed by atoms with Crippen LogP contribution < -0.4 is 5.32 Å². The Kier molecular flexibility index (Phi) is 5.83. The van der Waals surface area contributed by atoms with Crippen molar-refractivity contribution < 1.29 is 4.92 Å². The minimum absolute atomic E-state index is 0.0181. The van der Waals surface area contributed by atoms with Gasteiger partial charge < -0.3 is 5.32 Å². The molecule has 1 aliphatic rings. The molecule has 0 saturated carbocycles. The first kappa shape index (κ1) is 18.3. The average Bonchev–Trinajstić information content (AvgIpc) is 2.63. The molecule has 3 rings (SSSR count). The first-order valence-electron chi connectivity index (χ1n) is 9.16. The van der Waals surface area contributed by atoms with Crippen LogP contribution in [0.15, 0.2) is 36.5 Å². The lowest BCUT2D eigenvalue weighted by molar-refractivity contribution is -0.385. The number of aromatic nitrogens is 1. The van der Waals surface area contributed by atoms with Crippen LogP contribution in [0.2, 0.25) is 0 Å². The number of likely N-dealkylation sites (tertiary alicyclic amines) is 1. The molecule has 0 bridgehead atoms. The number of hydrogen-bond donors (Lipinski definition) is 1. The van der Waals surface area contributed by atoms with E-state index < -0.39 is 4.92 Å². The zero-order valence-corrected chi connectivity index (χ0v) is 15.4. The van der Waals surface area contributed by atoms with Crippen LogP contribution in [-0.4, -0.2) is 27.9 Å². The lowest BCUT2D eigenvalue weighted by Crippen LogP contribution is -2.32. The van der Waals surface area contributed by atoms with Gasteiger partial charge in [-0.1, -0.05) is 31.2 Å². The predicted octanol–water partition coefficient (Wildman–Crippen LogP) is 4.14. The van der Waals surface area contributed by atoms with E-state index >= 15 is 0 Å². The maximum atomic E-state index is 10.8. The van der Waals surface area contributed by atoms with E-state index in [4.69, 9.17) is 0 Å². The molecule has 0 aliphatic carbocycles. The molecule has 6 heteroatoms. The second kappa shape index (κ2) is 8.27. The van der Waals surface area contributed by atoms with E-state index in [-0.39, 0.29) is 5.69 Å². The number of rotatable bonds is 6. The van der Waals surface area contributed by atoms with Gasteiger partial charge in [-0.3, -0.25) is 15.0 Å². The number of nitrogens with zero attached hydrogens (tertiary/aromatic N) is 3. The molecule has 6 nitrogen and oxygen atoms in total. The molecule has 0 radical (unpaired) electrons. The second-order valence-corrected chi connectivity index (χ2v) is 7.24. The second-order valence-electron chi connectivity index (χ2n) is 7.24. The minimum atomic E-state index is -0.425. The fourth-order valence-corrected chi connectivity index (χ4v) is 3.27. The zero-order valence-electron chi connectivity index (χ0n) is 15.4. The molecule has 1 aromatic heterocycles. The van der Waals surface area contributed by atoms with Gasteiger partial charge in [-0.2, -0.15) is 0 Å². The highest BCUT2D eigenvalue weighted by molar-refractivity contribution is 5.48. The van der Waals surface area contributed by atoms with Crippen molar-refractivity contribution in [2.75, 3.05) is 18.4 Å². The maximum absolute atomic E-state index is 10.8. The summed E-state index contributed by atoms with van der Waals surface area (Å²) in [6.07, 6.45) is 3.88. The largest absolute Gasteiger partial charge is 0.366 e. The smallest absolute Gasteiger partial charge is 0.287 e. The Labute approximate surface area is 154 Å². The number of aryl methyl sites for hydroxylation is 1. The Morgan fingerprint density at radius 3 is 2.50 bits per heavy atom. The standard InChI is InChI=1S/C20H26N4O2/c1-15-7-9-23(10-8-15)14-18-5-3-17(4-6-18)12-21-20-16(2)11-19(13-22-20)24(25)26/h3-6,11,13,15H,7-10,12,14H2,1-2H3,(H,21,22). The van der Waals surface area contributed by atoms with Crippen molar-refractivity contribution in [3.63, 3.8) is 0 Å². The van der Waals surface area contributed by atoms with Gasteiger partial charge in [-0.25, -0.2) is 4.98 Å². The van der Waals surface area contributed by atoms with Crippen molar-refractivity contribution >= 4 is 11.5 Å². The first-order chi connectivity index (χ1) is 12.5. The van der Waals surface area contributed by atoms with E-state index in [1.54, 1.807) is 0 Å². The Bertz CT molecular complexity index is 753. The molecule has 2 aromatic rings. The molecule has 1 saturated heterocycles. The highest BCUT2D eigenvalue weighted by atomic mass is 16.6. The number of nitrogens with one attached hydrogen (secondary N) is 1. The quantitative estimate of drug-likeness (QED) is 0.623. The summed E-state index contributed by atoms with van der Waals surface area (Å²) in [5.41, 5.74) is 3.30. The summed E-state index contributed by atoms with van der Waals surface area (Å²) in [5, 5.41) is 14.0. The van der Waals surface area contributed by atoms with Crippen LogP contribution in [0.3, 0.4) is 0 Å². The van der Waals surface area contributed by atoms with Crippen LogP contribution in [0.4, 0.5) is 11.5 Å². The highest BCUT2D eigenvalue weighted by Crippen LogP contribution is 2.20. The number of anilines is 1. The number of benzene rings is 1. The van der Waals surface area contributed by atoms with Gasteiger partial charge in [0.05, 0.1) is 4.92 Å². The van der Waals surface area contributed by atoms with Crippen LogP contribution in [0.1, 0.15) is 36.5 Å². The predicted molar refractivity (Wildman–Crippen MR) is 103 cm³/mol. The summed E-state index contributed by atoms with van der Waals surface area (Å²) in [6.45, 7) is 8.20. The van der Waals surface area contributed by atoms with Gasteiger partial charge in [0.25, 0.3) is 5.69 Å². The number of pyridine rings is 1. The van der Waals surface area contributed by atoms with Crippen LogP contribution in [0, 0.1) is 23.0 Å². The summed E-state index contributed by atoms with van der Waals surface area (Å²) in [7, 11) is 0. The van der Waals surface area contributed by atoms with Crippen LogP contribution in [0.5, 0.6) is 0 Å². The van der Waals surface area contributed by atoms with Gasteiger partial charge >= 0.3 is 0 Å². The third-order valence-corrected chi connectivity index (χ3v) is 5.04. The Morgan fingerprint density at radius 1 is 1.23 bits per heavy atom. The lowest BCUT2D eigenvalue weighted by Gasteiger charge is -2.30. The molecule has 0 amide bonds. The number of nitro groups is 1. The summed E-state index contributed by atoms with van der Waals surface area (Å²) in [4.78, 5) is 17.0. The molecule has 0 spiro atoms. The summed E-state index contributed by atoms with van der Waals surface area (Å²) >= 11 is 0. The normalized spacial score (nSPS) is 15.8. The third-order valence-electron chi connectivity index (χ3n) is 5.04. The van der Waals surface area contributed by atoms with Crippen LogP contribution in [0.25, 0.3) is 0 Å². The van der Waals surface area contributed by atoms with Crippen molar-refractivity contribution in [2.45, 2.75) is 39.8 Å². The summed E-state index contributed by atoms with van der Waals surface area (Å²) in [6, 6.07) is 10.2. The van der Waals surface area contributed by atoms with E-state index in [0.717, 1.165) is 18.0 Å². The number of hydrogen-bond acceptors (Lipinski definition) is 5. The van der Waals surface area contributed by atoms with Crippen molar-refractivity contribution in [3.05, 3.63) is 63.3 Å². The van der Waals surface area contributed by atoms with Gasteiger partial charge in [0, 0.05) is 19.2 Å². The Balaban J connectivity index is 1.54. The van der Waals surface area contributed by atoms with E-state index in [1.807, 2.05) is 6.92 Å². The molecule has 26 heavy (non-hydrogen) atoms. The molecule has 2 heterocycles. The summed E-state index contributed by atoms with van der Waals surface area (Å²) < 4.78 is 0. The van der Waals surface area contributed by atoms with Gasteiger partial charge in [0.15, 0.2) is 0 Å². The van der Waals surface area contributed by atoms with E-state index in [9.17, 15) is 10.1 Å². The van der Waals surface area contributed by atoms with Gasteiger partial charge in [-0.05, 0) is 55.5 Å². The van der Waals surface area contributed by atoms with Crippen molar-refractivity contribution in [1.29, 1.82) is 0 Å². The minimum Gasteiger partial charge on any atom is -0.366 e. The molecule has 0 atom stereocenters. The molecule has 1 aliphatic heterocycles.